The van der Waals surface area contributed by atoms with Crippen molar-refractivity contribution in [3.8, 4) is 45.3 Å². The molecule has 45 heavy (non-hydrogen) atoms. The molecule has 0 spiro atoms. The van der Waals surface area contributed by atoms with E-state index in [4.69, 9.17) is 19.4 Å². The lowest BCUT2D eigenvalue weighted by atomic mass is 10.00. The first kappa shape index (κ1) is 25.3. The Kier molecular flexibility index (Phi) is 5.74. The van der Waals surface area contributed by atoms with Crippen LogP contribution >= 0.6 is 0 Å². The number of pyridine rings is 1. The maximum absolute atomic E-state index is 6.15. The van der Waals surface area contributed by atoms with Crippen molar-refractivity contribution in [3.05, 3.63) is 146 Å². The predicted molar refractivity (Wildman–Crippen MR) is 182 cm³/mol. The summed E-state index contributed by atoms with van der Waals surface area (Å²) in [7, 11) is 0. The normalized spacial score (nSPS) is 11.6. The van der Waals surface area contributed by atoms with Crippen LogP contribution < -0.4 is 0 Å². The molecular weight excluding hydrogens is 552 g/mol. The molecule has 5 heteroatoms. The summed E-state index contributed by atoms with van der Waals surface area (Å²) in [5.41, 5.74) is 7.34. The van der Waals surface area contributed by atoms with Crippen molar-refractivity contribution in [3.63, 3.8) is 0 Å². The fourth-order valence-corrected chi connectivity index (χ4v) is 6.10. The fraction of sp³-hybridized carbons (Fsp3) is 0. The molecule has 9 rings (SSSR count). The zero-order chi connectivity index (χ0) is 29.7. The van der Waals surface area contributed by atoms with E-state index in [0.29, 0.717) is 17.5 Å². The molecule has 5 nitrogen and oxygen atoms in total. The first-order valence-corrected chi connectivity index (χ1v) is 14.9. The van der Waals surface area contributed by atoms with Crippen LogP contribution in [0.25, 0.3) is 88.9 Å². The van der Waals surface area contributed by atoms with Crippen molar-refractivity contribution in [1.29, 1.82) is 0 Å². The molecule has 0 aliphatic rings. The van der Waals surface area contributed by atoms with Crippen LogP contribution in [0, 0.1) is 0 Å². The lowest BCUT2D eigenvalue weighted by molar-refractivity contribution is 0.668. The largest absolute Gasteiger partial charge is 0.454 e. The van der Waals surface area contributed by atoms with E-state index in [1.807, 2.05) is 48.5 Å². The summed E-state index contributed by atoms with van der Waals surface area (Å²) in [5.74, 6) is 1.79. The van der Waals surface area contributed by atoms with E-state index in [-0.39, 0.29) is 0 Å². The number of aromatic nitrogens is 4. The Morgan fingerprint density at radius 2 is 1.00 bits per heavy atom. The van der Waals surface area contributed by atoms with Crippen molar-refractivity contribution in [1.82, 2.24) is 19.9 Å². The number of fused-ring (bicyclic) bond motifs is 5. The molecule has 6 aromatic carbocycles. The van der Waals surface area contributed by atoms with Crippen LogP contribution in [0.2, 0.25) is 0 Å². The molecule has 0 saturated carbocycles. The van der Waals surface area contributed by atoms with Crippen LogP contribution in [-0.2, 0) is 0 Å². The second kappa shape index (κ2) is 10.2. The molecule has 9 aromatic rings. The van der Waals surface area contributed by atoms with Gasteiger partial charge in [-0.25, -0.2) is 15.0 Å². The highest BCUT2D eigenvalue weighted by molar-refractivity contribution is 6.09. The van der Waals surface area contributed by atoms with Crippen LogP contribution in [-0.4, -0.2) is 19.9 Å². The number of nitrogens with zero attached hydrogens (tertiary/aromatic N) is 4. The van der Waals surface area contributed by atoms with Gasteiger partial charge in [0.05, 0.1) is 5.39 Å². The Hall–Kier alpha value is -6.20. The van der Waals surface area contributed by atoms with Crippen LogP contribution in [0.5, 0.6) is 0 Å². The molecule has 0 aliphatic heterocycles. The standard InChI is InChI=1S/C40H24N4O/c1-2-8-25(9-3-1)28-16-17-30-24-32(20-18-29(30)22-28)39-42-38(31-19-15-26-10-4-5-11-27(26)23-31)43-40(44-39)33-12-6-13-34-36(33)37-35(45-34)14-7-21-41-37/h1-24H. The number of rotatable bonds is 4. The van der Waals surface area contributed by atoms with Gasteiger partial charge in [0.1, 0.15) is 11.1 Å². The SMILES string of the molecule is c1ccc(-c2ccc3cc(-c4nc(-c5ccc6ccccc6c5)nc(-c5cccc6oc7cccnc7c56)n4)ccc3c2)cc1. The Balaban J connectivity index is 1.25. The summed E-state index contributed by atoms with van der Waals surface area (Å²) < 4.78 is 6.15. The van der Waals surface area contributed by atoms with Crippen molar-refractivity contribution in [2.24, 2.45) is 0 Å². The highest BCUT2D eigenvalue weighted by Crippen LogP contribution is 2.36. The van der Waals surface area contributed by atoms with Crippen molar-refractivity contribution >= 4 is 43.6 Å². The number of hydrogen-bond donors (Lipinski definition) is 0. The van der Waals surface area contributed by atoms with E-state index in [9.17, 15) is 0 Å². The van der Waals surface area contributed by atoms with Gasteiger partial charge in [0.25, 0.3) is 0 Å². The van der Waals surface area contributed by atoms with Gasteiger partial charge >= 0.3 is 0 Å². The second-order valence-corrected chi connectivity index (χ2v) is 11.1. The Labute approximate surface area is 258 Å². The van der Waals surface area contributed by atoms with Gasteiger partial charge < -0.3 is 4.42 Å². The second-order valence-electron chi connectivity index (χ2n) is 11.1. The Bertz CT molecular complexity index is 2550. The van der Waals surface area contributed by atoms with E-state index in [1.54, 1.807) is 6.20 Å². The summed E-state index contributed by atoms with van der Waals surface area (Å²) >= 11 is 0. The van der Waals surface area contributed by atoms with Crippen molar-refractivity contribution < 1.29 is 4.42 Å². The van der Waals surface area contributed by atoms with Gasteiger partial charge in [-0.2, -0.15) is 0 Å². The molecule has 0 unspecified atom stereocenters. The Morgan fingerprint density at radius 1 is 0.400 bits per heavy atom. The maximum atomic E-state index is 6.15. The minimum absolute atomic E-state index is 0.571. The molecule has 0 saturated heterocycles. The average molecular weight is 577 g/mol. The van der Waals surface area contributed by atoms with Gasteiger partial charge in [0.2, 0.25) is 0 Å². The molecule has 0 bridgehead atoms. The third kappa shape index (κ3) is 4.41. The zero-order valence-corrected chi connectivity index (χ0v) is 24.1. The average Bonchev–Trinajstić information content (AvgIpc) is 3.50. The van der Waals surface area contributed by atoms with Gasteiger partial charge in [0, 0.05) is 22.9 Å². The van der Waals surface area contributed by atoms with Gasteiger partial charge in [-0.05, 0) is 69.1 Å². The monoisotopic (exact) mass is 576 g/mol. The molecular formula is C40H24N4O. The molecule has 0 aliphatic carbocycles. The molecule has 210 valence electrons. The highest BCUT2D eigenvalue weighted by atomic mass is 16.3. The van der Waals surface area contributed by atoms with E-state index < -0.39 is 0 Å². The molecule has 3 heterocycles. The third-order valence-electron chi connectivity index (χ3n) is 8.34. The minimum atomic E-state index is 0.571. The van der Waals surface area contributed by atoms with E-state index in [2.05, 4.69) is 96.0 Å². The Morgan fingerprint density at radius 3 is 1.78 bits per heavy atom. The summed E-state index contributed by atoms with van der Waals surface area (Å²) in [6.07, 6.45) is 1.78. The fourth-order valence-electron chi connectivity index (χ4n) is 6.10. The molecule has 0 N–H and O–H groups in total. The molecule has 3 aromatic heterocycles. The maximum Gasteiger partial charge on any atom is 0.164 e. The lowest BCUT2D eigenvalue weighted by Gasteiger charge is -2.11. The highest BCUT2D eigenvalue weighted by Gasteiger charge is 2.18. The van der Waals surface area contributed by atoms with Gasteiger partial charge in [-0.1, -0.05) is 103 Å². The van der Waals surface area contributed by atoms with Crippen LogP contribution in [0.1, 0.15) is 0 Å². The molecule has 0 amide bonds. The summed E-state index contributed by atoms with van der Waals surface area (Å²) in [4.78, 5) is 19.8. The number of benzene rings is 6. The summed E-state index contributed by atoms with van der Waals surface area (Å²) in [5, 5.41) is 5.46. The number of hydrogen-bond acceptors (Lipinski definition) is 5. The van der Waals surface area contributed by atoms with Crippen LogP contribution in [0.15, 0.2) is 150 Å². The first-order valence-electron chi connectivity index (χ1n) is 14.9. The van der Waals surface area contributed by atoms with E-state index in [0.717, 1.165) is 54.9 Å². The minimum Gasteiger partial charge on any atom is -0.454 e. The molecule has 0 fully saturated rings. The molecule has 0 atom stereocenters. The zero-order valence-electron chi connectivity index (χ0n) is 24.1. The van der Waals surface area contributed by atoms with Gasteiger partial charge in [-0.3, -0.25) is 4.98 Å². The molecule has 0 radical (unpaired) electrons. The van der Waals surface area contributed by atoms with Crippen molar-refractivity contribution in [2.45, 2.75) is 0 Å². The van der Waals surface area contributed by atoms with E-state index in [1.165, 1.54) is 16.5 Å². The smallest absolute Gasteiger partial charge is 0.164 e. The van der Waals surface area contributed by atoms with Gasteiger partial charge in [0.15, 0.2) is 23.1 Å². The van der Waals surface area contributed by atoms with E-state index >= 15 is 0 Å². The predicted octanol–water partition coefficient (Wildman–Crippen LogP) is 10.1. The third-order valence-corrected chi connectivity index (χ3v) is 8.34. The van der Waals surface area contributed by atoms with Crippen LogP contribution in [0.3, 0.4) is 0 Å². The van der Waals surface area contributed by atoms with Gasteiger partial charge in [-0.15, -0.1) is 0 Å². The summed E-state index contributed by atoms with van der Waals surface area (Å²) in [6.45, 7) is 0. The quantitative estimate of drug-likeness (QED) is 0.209. The van der Waals surface area contributed by atoms with Crippen LogP contribution in [0.4, 0.5) is 0 Å². The lowest BCUT2D eigenvalue weighted by Crippen LogP contribution is -2.00. The number of furan rings is 1. The summed E-state index contributed by atoms with van der Waals surface area (Å²) in [6, 6.07) is 47.8. The van der Waals surface area contributed by atoms with Crippen molar-refractivity contribution in [2.75, 3.05) is 0 Å². The topological polar surface area (TPSA) is 64.7 Å². The first-order chi connectivity index (χ1) is 22.3.